The summed E-state index contributed by atoms with van der Waals surface area (Å²) in [5, 5.41) is 16.3. The number of imidazole rings is 2. The number of hydrogen-bond donors (Lipinski definition) is 3. The molecule has 19 heteroatoms. The molecule has 11 aromatic rings. The first-order valence-electron chi connectivity index (χ1n) is 39.6. The van der Waals surface area contributed by atoms with Gasteiger partial charge in [-0.2, -0.15) is 0 Å². The highest BCUT2D eigenvalue weighted by Crippen LogP contribution is 2.35. The molecule has 0 fully saturated rings. The van der Waals surface area contributed by atoms with Gasteiger partial charge in [0.15, 0.2) is 0 Å². The first kappa shape index (κ1) is 85.1. The van der Waals surface area contributed by atoms with Gasteiger partial charge in [-0.15, -0.1) is 0 Å². The molecule has 1 aliphatic rings. The number of allylic oxidation sites excluding steroid dienone is 1. The van der Waals surface area contributed by atoms with Crippen molar-refractivity contribution in [2.75, 3.05) is 32.7 Å². The average molecular weight is 1500 g/mol. The number of rotatable bonds is 33. The van der Waals surface area contributed by atoms with Gasteiger partial charge in [-0.05, 0) is 219 Å². The third-order valence-electron chi connectivity index (χ3n) is 20.3. The van der Waals surface area contributed by atoms with Crippen LogP contribution in [0.2, 0.25) is 0 Å². The van der Waals surface area contributed by atoms with Crippen LogP contribution in [0, 0.1) is 55.4 Å². The molecule has 586 valence electrons. The van der Waals surface area contributed by atoms with E-state index in [0.29, 0.717) is 24.9 Å². The zero-order valence-electron chi connectivity index (χ0n) is 68.9. The monoisotopic (exact) mass is 1500 g/mol. The summed E-state index contributed by atoms with van der Waals surface area (Å²) in [4.78, 5) is 70.3. The van der Waals surface area contributed by atoms with E-state index in [2.05, 4.69) is 209 Å². The van der Waals surface area contributed by atoms with Crippen LogP contribution >= 0.6 is 0 Å². The second-order valence-electron chi connectivity index (χ2n) is 31.2. The van der Waals surface area contributed by atoms with Crippen molar-refractivity contribution in [3.05, 3.63) is 296 Å². The molecular weight excluding hydrogens is 1380 g/mol. The number of fused-ring (bicyclic) bond motifs is 2. The van der Waals surface area contributed by atoms with E-state index >= 15 is 0 Å². The second-order valence-corrected chi connectivity index (χ2v) is 31.2. The summed E-state index contributed by atoms with van der Waals surface area (Å²) in [5.74, 6) is 0.740. The lowest BCUT2D eigenvalue weighted by Crippen LogP contribution is -2.33. The van der Waals surface area contributed by atoms with Crippen LogP contribution in [0.5, 0.6) is 0 Å². The number of benzene rings is 1. The lowest BCUT2D eigenvalue weighted by atomic mass is 9.90. The van der Waals surface area contributed by atoms with Crippen LogP contribution in [0.25, 0.3) is 10.8 Å². The summed E-state index contributed by atoms with van der Waals surface area (Å²) < 4.78 is 2.00. The number of pyridine rings is 8. The van der Waals surface area contributed by atoms with Crippen molar-refractivity contribution >= 4 is 16.6 Å². The molecule has 10 heterocycles. The van der Waals surface area contributed by atoms with E-state index in [1.54, 1.807) is 33.3 Å². The van der Waals surface area contributed by atoms with Gasteiger partial charge < -0.3 is 24.8 Å². The Kier molecular flexibility index (Phi) is 32.6. The normalized spacial score (nSPS) is 12.7. The molecule has 0 amide bonds. The minimum atomic E-state index is -0.922. The maximum absolute atomic E-state index is 11.3. The minimum Gasteiger partial charge on any atom is -0.389 e. The topological polar surface area (TPSA) is 212 Å². The van der Waals surface area contributed by atoms with Gasteiger partial charge in [0.2, 0.25) is 0 Å². The Hall–Kier alpha value is -9.89. The molecular formula is C92H121N17O2. The number of aromatic amines is 1. The number of unbranched alkanes of at least 4 members (excludes halogenated alkanes) is 1. The van der Waals surface area contributed by atoms with Crippen molar-refractivity contribution in [1.82, 2.24) is 84.3 Å². The number of Topliss-reactive ketones (excluding diaryl/α,β-unsaturated/α-hetero) is 1. The van der Waals surface area contributed by atoms with Crippen molar-refractivity contribution in [1.29, 1.82) is 0 Å². The smallest absolute Gasteiger partial charge is 0.129 e. The van der Waals surface area contributed by atoms with Crippen molar-refractivity contribution in [2.24, 2.45) is 7.05 Å². The van der Waals surface area contributed by atoms with E-state index in [-0.39, 0.29) is 5.78 Å². The van der Waals surface area contributed by atoms with Gasteiger partial charge in [0.1, 0.15) is 5.78 Å². The standard InChI is InChI=1S/C24H27N5.C23H34N4O.C23H31N3O.C22H29N5/c1-18-12-19(2)23(26-13-18)15-29(11-9-21-14-28(3)17-27-21)16-24-22-7-5-4-6-20(22)8-10-25-24;1-17(2)24-11-8-12-27(15-21-19(4)13-18(3)14-26-21)16-22-20(23(5,6)28)9-7-10-25-22;1-17-14-18(2)21(25-15-17)16-26(13-5-4-8-19(3)27)22-11-6-9-20-10-7-12-24-23(20)22;1-16(2)20-6-5-8-24-22(20)14-27(9-7-19-12-23-15-26-19)13-21-18(4)10-17(3)11-25-21/h4-8,10,12-14,17H,9,11,15-16H2,1-3H3;7,9-10,13-14,24,28H,1,8,11-12,15-16H2,2-6H3;7,10,12,14-15,22H,4-6,8-9,11,13,16H2,1-3H3;5-6,8,10-12,15-16H,7,9,13-14H2,1-4H3,(H,23,26). The lowest BCUT2D eigenvalue weighted by molar-refractivity contribution is -0.117. The molecule has 111 heavy (non-hydrogen) atoms. The molecule has 0 spiro atoms. The molecule has 10 aromatic heterocycles. The molecule has 0 aliphatic heterocycles. The van der Waals surface area contributed by atoms with Gasteiger partial charge in [-0.3, -0.25) is 59.5 Å². The van der Waals surface area contributed by atoms with E-state index in [0.717, 1.165) is 179 Å². The van der Waals surface area contributed by atoms with E-state index in [1.165, 1.54) is 78.5 Å². The van der Waals surface area contributed by atoms with Crippen molar-refractivity contribution in [2.45, 2.75) is 218 Å². The molecule has 1 atom stereocenters. The van der Waals surface area contributed by atoms with Crippen LogP contribution in [0.1, 0.15) is 210 Å². The minimum absolute atomic E-state index is 0.280. The number of nitrogens with one attached hydrogen (secondary N) is 2. The zero-order valence-corrected chi connectivity index (χ0v) is 68.9. The Labute approximate surface area is 661 Å². The highest BCUT2D eigenvalue weighted by Gasteiger charge is 2.29. The third-order valence-corrected chi connectivity index (χ3v) is 20.3. The molecule has 19 nitrogen and oxygen atoms in total. The highest BCUT2D eigenvalue weighted by atomic mass is 16.3. The fraction of sp³-hybridized carbons (Fsp3) is 0.424. The maximum atomic E-state index is 11.3. The Bertz CT molecular complexity index is 4730. The highest BCUT2D eigenvalue weighted by molar-refractivity contribution is 5.84. The number of nitrogens with zero attached hydrogens (tertiary/aromatic N) is 15. The molecule has 12 rings (SSSR count). The fourth-order valence-corrected chi connectivity index (χ4v) is 14.4. The van der Waals surface area contributed by atoms with Gasteiger partial charge in [-0.1, -0.05) is 87.2 Å². The van der Waals surface area contributed by atoms with Crippen molar-refractivity contribution < 1.29 is 9.90 Å². The van der Waals surface area contributed by atoms with Crippen molar-refractivity contribution in [3.8, 4) is 0 Å². The molecule has 0 radical (unpaired) electrons. The summed E-state index contributed by atoms with van der Waals surface area (Å²) in [6, 6.07) is 32.0. The Morgan fingerprint density at radius 3 is 1.69 bits per heavy atom. The van der Waals surface area contributed by atoms with Crippen LogP contribution in [-0.4, -0.2) is 123 Å². The Balaban J connectivity index is 0.000000170. The molecule has 1 aliphatic carbocycles. The Morgan fingerprint density at radius 2 is 1.13 bits per heavy atom. The molecule has 1 unspecified atom stereocenters. The maximum Gasteiger partial charge on any atom is 0.129 e. The van der Waals surface area contributed by atoms with E-state index in [9.17, 15) is 9.90 Å². The number of H-pyrrole nitrogens is 1. The predicted molar refractivity (Wildman–Crippen MR) is 448 cm³/mol. The number of carbonyl (C=O) groups excluding carboxylic acids is 1. The number of carbonyl (C=O) groups is 1. The number of aliphatic hydroxyl groups is 1. The number of aromatic nitrogens is 12. The largest absolute Gasteiger partial charge is 0.389 e. The van der Waals surface area contributed by atoms with Crippen LogP contribution in [-0.2, 0) is 82.5 Å². The van der Waals surface area contributed by atoms with Crippen LogP contribution in [0.15, 0.2) is 178 Å². The first-order chi connectivity index (χ1) is 53.3. The SMILES string of the molecule is C=C(C)NCCCN(Cc1ncc(C)cc1C)Cc1ncccc1C(C)(C)O.CC(=O)CCCCN(Cc1ncc(C)cc1C)C1CCCc2cccnc21.Cc1cnc(CN(CCc2cn(C)cn2)Cc2nccc3ccccc23)c(C)c1.Cc1cnc(CN(CCc2cnc[nH]2)Cc2ncccc2C(C)C)c(C)c1. The predicted octanol–water partition coefficient (Wildman–Crippen LogP) is 17.0. The first-order valence-corrected chi connectivity index (χ1v) is 39.6. The third kappa shape index (κ3) is 27.2. The summed E-state index contributed by atoms with van der Waals surface area (Å²) in [6.07, 6.45) is 31.8. The molecule has 1 aromatic carbocycles. The summed E-state index contributed by atoms with van der Waals surface area (Å²) in [5.41, 5.74) is 24.5. The average Bonchev–Trinajstić information content (AvgIpc) is 1.28. The molecule has 3 N–H and O–H groups in total. The van der Waals surface area contributed by atoms with Gasteiger partial charge in [0.25, 0.3) is 0 Å². The summed E-state index contributed by atoms with van der Waals surface area (Å²) >= 11 is 0. The van der Waals surface area contributed by atoms with Crippen LogP contribution in [0.3, 0.4) is 0 Å². The van der Waals surface area contributed by atoms with Crippen LogP contribution < -0.4 is 5.32 Å². The molecule has 0 bridgehead atoms. The van der Waals surface area contributed by atoms with Gasteiger partial charge in [-0.25, -0.2) is 9.97 Å². The number of hydrogen-bond acceptors (Lipinski definition) is 17. The van der Waals surface area contributed by atoms with Gasteiger partial charge in [0.05, 0.1) is 75.5 Å². The zero-order chi connectivity index (χ0) is 79.4. The van der Waals surface area contributed by atoms with E-state index < -0.39 is 5.60 Å². The van der Waals surface area contributed by atoms with E-state index in [4.69, 9.17) is 19.9 Å². The number of ketones is 1. The second kappa shape index (κ2) is 42.5. The fourth-order valence-electron chi connectivity index (χ4n) is 14.4. The molecule has 0 saturated carbocycles. The Morgan fingerprint density at radius 1 is 0.586 bits per heavy atom. The summed E-state index contributed by atoms with van der Waals surface area (Å²) in [6.45, 7) is 42.5. The van der Waals surface area contributed by atoms with E-state index in [1.807, 2.05) is 98.7 Å². The van der Waals surface area contributed by atoms with Crippen LogP contribution in [0.4, 0.5) is 0 Å². The quantitative estimate of drug-likeness (QED) is 0.0326. The van der Waals surface area contributed by atoms with Gasteiger partial charge in [0, 0.05) is 183 Å². The van der Waals surface area contributed by atoms with Gasteiger partial charge >= 0.3 is 0 Å². The number of aryl methyl sites for hydroxylation is 10. The molecule has 0 saturated heterocycles. The lowest BCUT2D eigenvalue weighted by Gasteiger charge is -2.35. The van der Waals surface area contributed by atoms with Crippen molar-refractivity contribution in [3.63, 3.8) is 0 Å². The summed E-state index contributed by atoms with van der Waals surface area (Å²) in [7, 11) is 2.01.